The molecule has 1 aliphatic rings. The van der Waals surface area contributed by atoms with Crippen molar-refractivity contribution in [3.8, 4) is 0 Å². The van der Waals surface area contributed by atoms with Crippen molar-refractivity contribution in [3.05, 3.63) is 23.4 Å². The Hall–Kier alpha value is -0.800. The molecule has 0 saturated carbocycles. The van der Waals surface area contributed by atoms with Crippen molar-refractivity contribution in [1.29, 1.82) is 0 Å². The van der Waals surface area contributed by atoms with Crippen LogP contribution in [-0.2, 0) is 4.74 Å². The highest BCUT2D eigenvalue weighted by Gasteiger charge is 2.23. The minimum atomic E-state index is 0.246. The van der Waals surface area contributed by atoms with E-state index in [1.165, 1.54) is 0 Å². The fourth-order valence-corrected chi connectivity index (χ4v) is 1.76. The van der Waals surface area contributed by atoms with Gasteiger partial charge in [-0.3, -0.25) is 0 Å². The maximum Gasteiger partial charge on any atom is 0.131 e. The van der Waals surface area contributed by atoms with E-state index in [-0.39, 0.29) is 6.10 Å². The number of nitrogens with zero attached hydrogens (tertiary/aromatic N) is 1. The third-order valence-corrected chi connectivity index (χ3v) is 2.64. The van der Waals surface area contributed by atoms with Gasteiger partial charge >= 0.3 is 0 Å². The molecule has 1 aromatic rings. The number of hydrogen-bond acceptors (Lipinski definition) is 3. The maximum absolute atomic E-state index is 5.78. The van der Waals surface area contributed by atoms with Gasteiger partial charge in [0.2, 0.25) is 0 Å². The molecule has 2 atom stereocenters. The molecule has 0 amide bonds. The molecule has 76 valence electrons. The second-order valence-electron chi connectivity index (χ2n) is 3.46. The fourth-order valence-electron chi connectivity index (χ4n) is 1.60. The zero-order chi connectivity index (χ0) is 9.97. The van der Waals surface area contributed by atoms with Gasteiger partial charge in [-0.15, -0.1) is 0 Å². The lowest BCUT2D eigenvalue weighted by Gasteiger charge is -2.16. The number of halogens is 1. The molecule has 1 fully saturated rings. The maximum atomic E-state index is 5.78. The van der Waals surface area contributed by atoms with E-state index in [0.29, 0.717) is 11.2 Å². The number of hydrogen-bond donors (Lipinski definition) is 1. The minimum Gasteiger partial charge on any atom is -0.376 e. The molecule has 0 bridgehead atoms. The van der Waals surface area contributed by atoms with Crippen molar-refractivity contribution < 1.29 is 4.74 Å². The van der Waals surface area contributed by atoms with Gasteiger partial charge in [0.25, 0.3) is 0 Å². The zero-order valence-corrected chi connectivity index (χ0v) is 8.79. The molecule has 1 aliphatic heterocycles. The molecule has 0 aromatic carbocycles. The minimum absolute atomic E-state index is 0.246. The number of nitrogens with one attached hydrogen (secondary N) is 1. The average molecular weight is 213 g/mol. The van der Waals surface area contributed by atoms with Gasteiger partial charge in [0.05, 0.1) is 12.1 Å². The van der Waals surface area contributed by atoms with Crippen LogP contribution in [0.25, 0.3) is 0 Å². The number of ether oxygens (including phenoxy) is 1. The lowest BCUT2D eigenvalue weighted by Crippen LogP contribution is -2.27. The van der Waals surface area contributed by atoms with E-state index in [2.05, 4.69) is 17.2 Å². The van der Waals surface area contributed by atoms with E-state index in [1.54, 1.807) is 6.07 Å². The second-order valence-corrected chi connectivity index (χ2v) is 3.85. The lowest BCUT2D eigenvalue weighted by molar-refractivity contribution is 0.121. The monoisotopic (exact) mass is 212 g/mol. The van der Waals surface area contributed by atoms with Crippen LogP contribution in [-0.4, -0.2) is 23.7 Å². The summed E-state index contributed by atoms with van der Waals surface area (Å²) in [5.41, 5.74) is 0. The molecule has 0 aliphatic carbocycles. The van der Waals surface area contributed by atoms with Crippen molar-refractivity contribution in [2.45, 2.75) is 25.5 Å². The predicted molar refractivity (Wildman–Crippen MR) is 56.7 cm³/mol. The molecule has 0 radical (unpaired) electrons. The van der Waals surface area contributed by atoms with Gasteiger partial charge in [-0.05, 0) is 25.5 Å². The molecule has 0 spiro atoms. The van der Waals surface area contributed by atoms with Crippen LogP contribution in [0.2, 0.25) is 5.15 Å². The topological polar surface area (TPSA) is 34.1 Å². The Kier molecular flexibility index (Phi) is 2.89. The Bertz CT molecular complexity index is 319. The SMILES string of the molecule is CC1OCCC1Nc1cccc(Cl)n1. The van der Waals surface area contributed by atoms with Gasteiger partial charge in [0, 0.05) is 6.61 Å². The van der Waals surface area contributed by atoms with Crippen LogP contribution in [0.1, 0.15) is 13.3 Å². The van der Waals surface area contributed by atoms with Gasteiger partial charge in [-0.2, -0.15) is 0 Å². The average Bonchev–Trinajstić information content (AvgIpc) is 2.52. The summed E-state index contributed by atoms with van der Waals surface area (Å²) in [6, 6.07) is 5.91. The third-order valence-electron chi connectivity index (χ3n) is 2.42. The summed E-state index contributed by atoms with van der Waals surface area (Å²) in [5.74, 6) is 0.819. The molecule has 2 unspecified atom stereocenters. The van der Waals surface area contributed by atoms with Crippen molar-refractivity contribution >= 4 is 17.4 Å². The lowest BCUT2D eigenvalue weighted by atomic mass is 10.1. The first-order chi connectivity index (χ1) is 6.75. The smallest absolute Gasteiger partial charge is 0.131 e. The zero-order valence-electron chi connectivity index (χ0n) is 8.03. The Morgan fingerprint density at radius 2 is 2.43 bits per heavy atom. The normalized spacial score (nSPS) is 26.4. The molecule has 14 heavy (non-hydrogen) atoms. The van der Waals surface area contributed by atoms with Gasteiger partial charge in [-0.25, -0.2) is 4.98 Å². The molecule has 1 N–H and O–H groups in total. The predicted octanol–water partition coefficient (Wildman–Crippen LogP) is 2.32. The quantitative estimate of drug-likeness (QED) is 0.765. The standard InChI is InChI=1S/C10H13ClN2O/c1-7-8(5-6-14-7)12-10-4-2-3-9(11)13-10/h2-4,7-8H,5-6H2,1H3,(H,12,13). The number of anilines is 1. The van der Waals surface area contributed by atoms with Crippen LogP contribution < -0.4 is 5.32 Å². The van der Waals surface area contributed by atoms with Crippen molar-refractivity contribution in [2.75, 3.05) is 11.9 Å². The van der Waals surface area contributed by atoms with Gasteiger partial charge in [0.1, 0.15) is 11.0 Å². The van der Waals surface area contributed by atoms with Crippen molar-refractivity contribution in [1.82, 2.24) is 4.98 Å². The van der Waals surface area contributed by atoms with Gasteiger partial charge < -0.3 is 10.1 Å². The number of rotatable bonds is 2. The first-order valence-electron chi connectivity index (χ1n) is 4.76. The number of aromatic nitrogens is 1. The highest BCUT2D eigenvalue weighted by atomic mass is 35.5. The number of pyridine rings is 1. The molecular weight excluding hydrogens is 200 g/mol. The Balaban J connectivity index is 2.03. The van der Waals surface area contributed by atoms with E-state index >= 15 is 0 Å². The van der Waals surface area contributed by atoms with E-state index in [4.69, 9.17) is 16.3 Å². The first kappa shape index (κ1) is 9.74. The van der Waals surface area contributed by atoms with E-state index < -0.39 is 0 Å². The largest absolute Gasteiger partial charge is 0.376 e. The van der Waals surface area contributed by atoms with Crippen LogP contribution in [0.5, 0.6) is 0 Å². The molecular formula is C10H13ClN2O. The van der Waals surface area contributed by atoms with Gasteiger partial charge in [0.15, 0.2) is 0 Å². The van der Waals surface area contributed by atoms with E-state index in [1.807, 2.05) is 12.1 Å². The summed E-state index contributed by atoms with van der Waals surface area (Å²) in [6.45, 7) is 2.88. The van der Waals surface area contributed by atoms with Crippen LogP contribution in [0.3, 0.4) is 0 Å². The highest BCUT2D eigenvalue weighted by molar-refractivity contribution is 6.29. The highest BCUT2D eigenvalue weighted by Crippen LogP contribution is 2.18. The van der Waals surface area contributed by atoms with Crippen LogP contribution in [0.4, 0.5) is 5.82 Å². The Labute approximate surface area is 88.4 Å². The molecule has 2 heterocycles. The first-order valence-corrected chi connectivity index (χ1v) is 5.14. The molecule has 1 aromatic heterocycles. The summed E-state index contributed by atoms with van der Waals surface area (Å²) in [6.07, 6.45) is 1.27. The summed E-state index contributed by atoms with van der Waals surface area (Å²) >= 11 is 5.78. The fraction of sp³-hybridized carbons (Fsp3) is 0.500. The second kappa shape index (κ2) is 4.15. The molecule has 4 heteroatoms. The van der Waals surface area contributed by atoms with E-state index in [0.717, 1.165) is 18.8 Å². The van der Waals surface area contributed by atoms with Crippen LogP contribution in [0, 0.1) is 0 Å². The Morgan fingerprint density at radius 1 is 1.57 bits per heavy atom. The van der Waals surface area contributed by atoms with Crippen molar-refractivity contribution in [3.63, 3.8) is 0 Å². The van der Waals surface area contributed by atoms with Crippen LogP contribution >= 0.6 is 11.6 Å². The van der Waals surface area contributed by atoms with Crippen LogP contribution in [0.15, 0.2) is 18.2 Å². The summed E-state index contributed by atoms with van der Waals surface area (Å²) < 4.78 is 5.44. The Morgan fingerprint density at radius 3 is 3.07 bits per heavy atom. The molecule has 2 rings (SSSR count). The third kappa shape index (κ3) is 2.16. The summed E-state index contributed by atoms with van der Waals surface area (Å²) in [5, 5.41) is 3.83. The summed E-state index contributed by atoms with van der Waals surface area (Å²) in [7, 11) is 0. The molecule has 1 saturated heterocycles. The summed E-state index contributed by atoms with van der Waals surface area (Å²) in [4.78, 5) is 4.17. The van der Waals surface area contributed by atoms with E-state index in [9.17, 15) is 0 Å². The van der Waals surface area contributed by atoms with Crippen molar-refractivity contribution in [2.24, 2.45) is 0 Å². The van der Waals surface area contributed by atoms with Gasteiger partial charge in [-0.1, -0.05) is 17.7 Å². The molecule has 3 nitrogen and oxygen atoms in total.